The standard InChI is InChI=1S/C24H25F3N4O2S/c1-29-14-16(15-29)7-10-33-20-5-3-18(4-6-20)31-22(34)30(21(32)23(31)8-2-9-23)19-11-17(12-28-13-19)24(25,26)27/h3-6,11-13,16H,2,7-10,14-15H2,1H3. The van der Waals surface area contributed by atoms with Crippen LogP contribution in [0.3, 0.4) is 0 Å². The summed E-state index contributed by atoms with van der Waals surface area (Å²) in [5.41, 5.74) is -1.05. The molecule has 3 aliphatic rings. The molecule has 180 valence electrons. The average Bonchev–Trinajstić information content (AvgIpc) is 2.99. The number of benzene rings is 1. The highest BCUT2D eigenvalue weighted by Gasteiger charge is 2.59. The Balaban J connectivity index is 1.35. The SMILES string of the molecule is CN1CC(CCOc2ccc(N3C(=S)N(c4cncc(C(F)(F)F)c4)C(=O)C34CCC4)cc2)C1. The molecule has 3 heterocycles. The molecule has 1 spiro atoms. The number of halogens is 3. The van der Waals surface area contributed by atoms with E-state index in [-0.39, 0.29) is 16.7 Å². The Morgan fingerprint density at radius 2 is 1.85 bits per heavy atom. The Labute approximate surface area is 201 Å². The number of nitrogens with zero attached hydrogens (tertiary/aromatic N) is 4. The summed E-state index contributed by atoms with van der Waals surface area (Å²) in [5.74, 6) is 1.09. The minimum absolute atomic E-state index is 0.0280. The van der Waals surface area contributed by atoms with Crippen LogP contribution in [0.15, 0.2) is 42.7 Å². The van der Waals surface area contributed by atoms with Crippen LogP contribution in [0.2, 0.25) is 0 Å². The molecule has 1 aliphatic carbocycles. The Hall–Kier alpha value is -2.72. The maximum absolute atomic E-state index is 13.5. The predicted octanol–water partition coefficient (Wildman–Crippen LogP) is 4.49. The van der Waals surface area contributed by atoms with Gasteiger partial charge in [0.1, 0.15) is 11.3 Å². The van der Waals surface area contributed by atoms with Gasteiger partial charge < -0.3 is 14.5 Å². The molecule has 10 heteroatoms. The molecule has 1 amide bonds. The van der Waals surface area contributed by atoms with E-state index in [0.29, 0.717) is 31.1 Å². The maximum Gasteiger partial charge on any atom is 0.417 e. The molecule has 2 aliphatic heterocycles. The lowest BCUT2D eigenvalue weighted by Gasteiger charge is -2.43. The van der Waals surface area contributed by atoms with Crippen LogP contribution in [0.5, 0.6) is 5.75 Å². The van der Waals surface area contributed by atoms with Gasteiger partial charge in [0.25, 0.3) is 5.91 Å². The third-order valence-electron chi connectivity index (χ3n) is 6.93. The first-order chi connectivity index (χ1) is 16.2. The first-order valence-corrected chi connectivity index (χ1v) is 11.7. The lowest BCUT2D eigenvalue weighted by atomic mass is 9.75. The Kier molecular flexibility index (Phi) is 5.76. The molecular formula is C24H25F3N4O2S. The van der Waals surface area contributed by atoms with Gasteiger partial charge in [-0.3, -0.25) is 14.7 Å². The predicted molar refractivity (Wildman–Crippen MR) is 126 cm³/mol. The van der Waals surface area contributed by atoms with Gasteiger partial charge in [-0.2, -0.15) is 13.2 Å². The number of aromatic nitrogens is 1. The fourth-order valence-corrected chi connectivity index (χ4v) is 5.43. The number of thiocarbonyl (C=S) groups is 1. The van der Waals surface area contributed by atoms with Gasteiger partial charge in [0.15, 0.2) is 5.11 Å². The van der Waals surface area contributed by atoms with Crippen molar-refractivity contribution in [2.75, 3.05) is 36.5 Å². The fourth-order valence-electron chi connectivity index (χ4n) is 4.96. The van der Waals surface area contributed by atoms with Gasteiger partial charge >= 0.3 is 6.18 Å². The maximum atomic E-state index is 13.5. The number of anilines is 2. The summed E-state index contributed by atoms with van der Waals surface area (Å²) in [5, 5.41) is 0.161. The number of alkyl halides is 3. The second-order valence-electron chi connectivity index (χ2n) is 9.29. The van der Waals surface area contributed by atoms with Crippen LogP contribution in [-0.2, 0) is 11.0 Å². The number of rotatable bonds is 6. The van der Waals surface area contributed by atoms with Crippen LogP contribution in [0, 0.1) is 5.92 Å². The van der Waals surface area contributed by atoms with Gasteiger partial charge in [0.2, 0.25) is 0 Å². The summed E-state index contributed by atoms with van der Waals surface area (Å²) in [7, 11) is 2.10. The van der Waals surface area contributed by atoms with E-state index in [1.165, 1.54) is 11.1 Å². The molecule has 1 aromatic carbocycles. The first kappa shape index (κ1) is 23.0. The van der Waals surface area contributed by atoms with E-state index in [0.717, 1.165) is 43.9 Å². The number of hydrogen-bond acceptors (Lipinski definition) is 5. The van der Waals surface area contributed by atoms with Crippen LogP contribution < -0.4 is 14.5 Å². The normalized spacial score (nSPS) is 20.6. The van der Waals surface area contributed by atoms with Gasteiger partial charge in [0.05, 0.1) is 24.1 Å². The lowest BCUT2D eigenvalue weighted by molar-refractivity contribution is -0.137. The number of pyridine rings is 1. The van der Waals surface area contributed by atoms with E-state index in [1.807, 2.05) is 24.3 Å². The summed E-state index contributed by atoms with van der Waals surface area (Å²) in [4.78, 5) is 22.4. The van der Waals surface area contributed by atoms with Crippen molar-refractivity contribution in [1.29, 1.82) is 0 Å². The third-order valence-corrected chi connectivity index (χ3v) is 7.30. The third kappa shape index (κ3) is 3.92. The highest BCUT2D eigenvalue weighted by atomic mass is 32.1. The second-order valence-corrected chi connectivity index (χ2v) is 9.66. The molecule has 1 saturated carbocycles. The fraction of sp³-hybridized carbons (Fsp3) is 0.458. The summed E-state index contributed by atoms with van der Waals surface area (Å²) in [6.45, 7) is 2.84. The highest BCUT2D eigenvalue weighted by molar-refractivity contribution is 7.81. The van der Waals surface area contributed by atoms with E-state index in [9.17, 15) is 18.0 Å². The molecule has 0 radical (unpaired) electrons. The molecule has 5 rings (SSSR count). The van der Waals surface area contributed by atoms with Crippen LogP contribution in [-0.4, -0.2) is 53.2 Å². The van der Waals surface area contributed by atoms with Crippen molar-refractivity contribution < 1.29 is 22.7 Å². The molecule has 3 fully saturated rings. The van der Waals surface area contributed by atoms with Crippen molar-refractivity contribution in [1.82, 2.24) is 9.88 Å². The minimum atomic E-state index is -4.56. The summed E-state index contributed by atoms with van der Waals surface area (Å²) >= 11 is 5.64. The first-order valence-electron chi connectivity index (χ1n) is 11.3. The quantitative estimate of drug-likeness (QED) is 0.556. The number of hydrogen-bond donors (Lipinski definition) is 0. The largest absolute Gasteiger partial charge is 0.494 e. The van der Waals surface area contributed by atoms with E-state index in [4.69, 9.17) is 17.0 Å². The van der Waals surface area contributed by atoms with Crippen molar-refractivity contribution in [3.05, 3.63) is 48.3 Å². The summed E-state index contributed by atoms with van der Waals surface area (Å²) in [6.07, 6.45) is 0.437. The van der Waals surface area contributed by atoms with E-state index in [2.05, 4.69) is 16.9 Å². The molecule has 0 bridgehead atoms. The van der Waals surface area contributed by atoms with Crippen LogP contribution in [0.1, 0.15) is 31.2 Å². The molecule has 6 nitrogen and oxygen atoms in total. The zero-order chi connectivity index (χ0) is 24.1. The van der Waals surface area contributed by atoms with E-state index >= 15 is 0 Å². The van der Waals surface area contributed by atoms with E-state index < -0.39 is 17.3 Å². The number of amides is 1. The van der Waals surface area contributed by atoms with Crippen molar-refractivity contribution in [3.63, 3.8) is 0 Å². The van der Waals surface area contributed by atoms with Crippen molar-refractivity contribution in [2.45, 2.75) is 37.4 Å². The van der Waals surface area contributed by atoms with Crippen LogP contribution >= 0.6 is 12.2 Å². The molecule has 0 N–H and O–H groups in total. The lowest BCUT2D eigenvalue weighted by Crippen LogP contribution is -2.55. The zero-order valence-electron chi connectivity index (χ0n) is 18.7. The van der Waals surface area contributed by atoms with Crippen LogP contribution in [0.4, 0.5) is 24.5 Å². The van der Waals surface area contributed by atoms with Crippen LogP contribution in [0.25, 0.3) is 0 Å². The number of ether oxygens (including phenoxy) is 1. The molecular weight excluding hydrogens is 465 g/mol. The Morgan fingerprint density at radius 1 is 1.15 bits per heavy atom. The molecule has 1 aromatic heterocycles. The van der Waals surface area contributed by atoms with Crippen molar-refractivity contribution in [3.8, 4) is 5.75 Å². The molecule has 2 aromatic rings. The summed E-state index contributed by atoms with van der Waals surface area (Å²) in [6, 6.07) is 8.30. The number of likely N-dealkylation sites (tertiary alicyclic amines) is 1. The van der Waals surface area contributed by atoms with Gasteiger partial charge in [0, 0.05) is 25.0 Å². The summed E-state index contributed by atoms with van der Waals surface area (Å²) < 4.78 is 45.6. The molecule has 34 heavy (non-hydrogen) atoms. The zero-order valence-corrected chi connectivity index (χ0v) is 19.5. The molecule has 2 saturated heterocycles. The van der Waals surface area contributed by atoms with Gasteiger partial charge in [-0.15, -0.1) is 0 Å². The van der Waals surface area contributed by atoms with Gasteiger partial charge in [-0.1, -0.05) is 0 Å². The number of carbonyl (C=O) groups is 1. The Bertz CT molecular complexity index is 1100. The molecule has 0 unspecified atom stereocenters. The smallest absolute Gasteiger partial charge is 0.417 e. The van der Waals surface area contributed by atoms with Gasteiger partial charge in [-0.05, 0) is 81.2 Å². The topological polar surface area (TPSA) is 48.9 Å². The second kappa shape index (κ2) is 8.49. The van der Waals surface area contributed by atoms with Crippen molar-refractivity contribution >= 4 is 34.6 Å². The van der Waals surface area contributed by atoms with E-state index in [1.54, 1.807) is 4.90 Å². The highest BCUT2D eigenvalue weighted by Crippen LogP contribution is 2.48. The minimum Gasteiger partial charge on any atom is -0.494 e. The van der Waals surface area contributed by atoms with Crippen molar-refractivity contribution in [2.24, 2.45) is 5.92 Å². The van der Waals surface area contributed by atoms with Gasteiger partial charge in [-0.25, -0.2) is 0 Å². The molecule has 0 atom stereocenters. The number of carbonyl (C=O) groups excluding carboxylic acids is 1. The Morgan fingerprint density at radius 3 is 2.44 bits per heavy atom. The average molecular weight is 491 g/mol. The monoisotopic (exact) mass is 490 g/mol.